The summed E-state index contributed by atoms with van der Waals surface area (Å²) in [5, 5.41) is 4.52. The Morgan fingerprint density at radius 1 is 1.16 bits per heavy atom. The van der Waals surface area contributed by atoms with Crippen LogP contribution in [0.1, 0.15) is 45.6 Å². The van der Waals surface area contributed by atoms with E-state index in [9.17, 15) is 18.0 Å². The number of hydrogen-bond donors (Lipinski definition) is 0. The quantitative estimate of drug-likeness (QED) is 0.593. The van der Waals surface area contributed by atoms with E-state index in [1.807, 2.05) is 12.1 Å². The van der Waals surface area contributed by atoms with E-state index >= 15 is 0 Å². The highest BCUT2D eigenvalue weighted by Gasteiger charge is 2.28. The summed E-state index contributed by atoms with van der Waals surface area (Å²) in [6, 6.07) is 8.96. The molecule has 3 heterocycles. The number of carbonyl (C=O) groups excluding carboxylic acids is 1. The van der Waals surface area contributed by atoms with E-state index in [2.05, 4.69) is 5.10 Å². The zero-order valence-corrected chi connectivity index (χ0v) is 17.6. The molecule has 5 rings (SSSR count). The molecule has 2 aliphatic heterocycles. The van der Waals surface area contributed by atoms with Crippen molar-refractivity contribution in [2.24, 2.45) is 7.05 Å². The van der Waals surface area contributed by atoms with Crippen molar-refractivity contribution in [2.75, 3.05) is 13.2 Å². The Labute approximate surface area is 183 Å². The average molecular weight is 441 g/mol. The minimum Gasteiger partial charge on any atom is -0.493 e. The molecule has 32 heavy (non-hydrogen) atoms. The number of benzene rings is 2. The lowest BCUT2D eigenvalue weighted by Crippen LogP contribution is -2.36. The summed E-state index contributed by atoms with van der Waals surface area (Å²) in [7, 11) is 1.70. The van der Waals surface area contributed by atoms with Crippen LogP contribution >= 0.6 is 0 Å². The molecular formula is C24H22F3N3O2. The summed E-state index contributed by atoms with van der Waals surface area (Å²) in [6.07, 6.45) is -0.337. The second-order valence-electron chi connectivity index (χ2n) is 8.22. The Bertz CT molecular complexity index is 1210. The molecule has 0 spiro atoms. The van der Waals surface area contributed by atoms with E-state index in [-0.39, 0.29) is 11.5 Å². The number of hydrogen-bond acceptors (Lipinski definition) is 3. The number of carbonyl (C=O) groups is 1. The van der Waals surface area contributed by atoms with Crippen LogP contribution in [0.3, 0.4) is 0 Å². The van der Waals surface area contributed by atoms with Crippen LogP contribution in [-0.2, 0) is 26.4 Å². The zero-order valence-electron chi connectivity index (χ0n) is 17.6. The maximum absolute atomic E-state index is 14.0. The first-order chi connectivity index (χ1) is 15.4. The van der Waals surface area contributed by atoms with E-state index < -0.39 is 12.2 Å². The average Bonchev–Trinajstić information content (AvgIpc) is 3.12. The van der Waals surface area contributed by atoms with Gasteiger partial charge < -0.3 is 9.64 Å². The van der Waals surface area contributed by atoms with Crippen LogP contribution in [-0.4, -0.2) is 33.7 Å². The van der Waals surface area contributed by atoms with Crippen LogP contribution in [0.25, 0.3) is 11.3 Å². The monoisotopic (exact) mass is 441 g/mol. The first-order valence-corrected chi connectivity index (χ1v) is 10.6. The minimum atomic E-state index is -2.76. The van der Waals surface area contributed by atoms with E-state index in [0.29, 0.717) is 48.6 Å². The van der Waals surface area contributed by atoms with Crippen molar-refractivity contribution in [2.45, 2.75) is 32.2 Å². The number of aromatic nitrogens is 2. The molecule has 0 bridgehead atoms. The predicted molar refractivity (Wildman–Crippen MR) is 112 cm³/mol. The Balaban J connectivity index is 1.43. The van der Waals surface area contributed by atoms with E-state index in [1.54, 1.807) is 22.7 Å². The second-order valence-corrected chi connectivity index (χ2v) is 8.22. The Kier molecular flexibility index (Phi) is 5.15. The van der Waals surface area contributed by atoms with Crippen molar-refractivity contribution in [3.8, 4) is 17.0 Å². The van der Waals surface area contributed by atoms with Gasteiger partial charge in [0, 0.05) is 35.8 Å². The Morgan fingerprint density at radius 3 is 2.81 bits per heavy atom. The number of alkyl halides is 2. The maximum atomic E-state index is 14.0. The lowest BCUT2D eigenvalue weighted by atomic mass is 9.97. The molecule has 0 atom stereocenters. The molecule has 8 heteroatoms. The van der Waals surface area contributed by atoms with Gasteiger partial charge in [0.05, 0.1) is 24.5 Å². The first kappa shape index (κ1) is 20.6. The summed E-state index contributed by atoms with van der Waals surface area (Å²) >= 11 is 0. The molecule has 0 saturated carbocycles. The molecule has 2 aromatic carbocycles. The number of rotatable bonds is 3. The van der Waals surface area contributed by atoms with Gasteiger partial charge in [0.25, 0.3) is 12.3 Å². The summed E-state index contributed by atoms with van der Waals surface area (Å²) in [4.78, 5) is 14.8. The number of halogens is 3. The topological polar surface area (TPSA) is 47.4 Å². The van der Waals surface area contributed by atoms with Gasteiger partial charge >= 0.3 is 0 Å². The van der Waals surface area contributed by atoms with Crippen LogP contribution < -0.4 is 4.74 Å². The third-order valence-corrected chi connectivity index (χ3v) is 6.10. The van der Waals surface area contributed by atoms with Crippen LogP contribution in [0.5, 0.6) is 5.75 Å². The van der Waals surface area contributed by atoms with Crippen LogP contribution in [0.4, 0.5) is 13.2 Å². The van der Waals surface area contributed by atoms with E-state index in [0.717, 1.165) is 35.8 Å². The molecular weight excluding hydrogens is 419 g/mol. The highest BCUT2D eigenvalue weighted by Crippen LogP contribution is 2.34. The lowest BCUT2D eigenvalue weighted by Gasteiger charge is -2.27. The largest absolute Gasteiger partial charge is 0.493 e. The molecule has 0 aliphatic carbocycles. The SMILES string of the molecule is Cn1nc2c(c1-c1cc(F)cc(C(F)F)c1)CCN(C(=O)c1ccc3c(c1)OCCC3)C2. The maximum Gasteiger partial charge on any atom is 0.263 e. The Morgan fingerprint density at radius 2 is 2.00 bits per heavy atom. The lowest BCUT2D eigenvalue weighted by molar-refractivity contribution is 0.0731. The summed E-state index contributed by atoms with van der Waals surface area (Å²) in [5.41, 5.74) is 3.84. The molecule has 1 amide bonds. The van der Waals surface area contributed by atoms with Crippen LogP contribution in [0.2, 0.25) is 0 Å². The van der Waals surface area contributed by atoms with Gasteiger partial charge in [0.1, 0.15) is 11.6 Å². The standard InChI is InChI=1S/C24H22F3N3O2/c1-29-22(16-9-17(23(26)27)11-18(25)10-16)19-6-7-30(13-20(19)28-29)24(31)15-5-4-14-3-2-8-32-21(14)12-15/h4-5,9-12,23H,2-3,6-8,13H2,1H3. The molecule has 0 unspecified atom stereocenters. The van der Waals surface area contributed by atoms with Crippen molar-refractivity contribution in [3.05, 3.63) is 70.2 Å². The van der Waals surface area contributed by atoms with Gasteiger partial charge in [-0.25, -0.2) is 13.2 Å². The van der Waals surface area contributed by atoms with Gasteiger partial charge in [0.2, 0.25) is 0 Å². The molecule has 0 N–H and O–H groups in total. The number of amides is 1. The van der Waals surface area contributed by atoms with Crippen molar-refractivity contribution < 1.29 is 22.7 Å². The van der Waals surface area contributed by atoms with Crippen LogP contribution in [0, 0.1) is 5.82 Å². The fourth-order valence-corrected chi connectivity index (χ4v) is 4.59. The number of aryl methyl sites for hydroxylation is 2. The molecule has 0 radical (unpaired) electrons. The highest BCUT2D eigenvalue weighted by atomic mass is 19.3. The van der Waals surface area contributed by atoms with Gasteiger partial charge in [-0.1, -0.05) is 6.07 Å². The normalized spacial score (nSPS) is 15.3. The first-order valence-electron chi connectivity index (χ1n) is 10.6. The zero-order chi connectivity index (χ0) is 22.4. The molecule has 1 aromatic heterocycles. The van der Waals surface area contributed by atoms with E-state index in [4.69, 9.17) is 4.74 Å². The fraction of sp³-hybridized carbons (Fsp3) is 0.333. The predicted octanol–water partition coefficient (Wildman–Crippen LogP) is 4.69. The van der Waals surface area contributed by atoms with Gasteiger partial charge in [-0.2, -0.15) is 5.10 Å². The third kappa shape index (κ3) is 3.63. The van der Waals surface area contributed by atoms with Gasteiger partial charge in [-0.15, -0.1) is 0 Å². The number of ether oxygens (including phenoxy) is 1. The summed E-state index contributed by atoms with van der Waals surface area (Å²) in [5.74, 6) is -0.0542. The van der Waals surface area contributed by atoms with Crippen molar-refractivity contribution in [3.63, 3.8) is 0 Å². The van der Waals surface area contributed by atoms with Crippen molar-refractivity contribution in [1.82, 2.24) is 14.7 Å². The highest BCUT2D eigenvalue weighted by molar-refractivity contribution is 5.95. The van der Waals surface area contributed by atoms with Crippen molar-refractivity contribution in [1.29, 1.82) is 0 Å². The minimum absolute atomic E-state index is 0.106. The van der Waals surface area contributed by atoms with Crippen molar-refractivity contribution >= 4 is 5.91 Å². The van der Waals surface area contributed by atoms with E-state index in [1.165, 1.54) is 12.1 Å². The summed E-state index contributed by atoms with van der Waals surface area (Å²) < 4.78 is 47.6. The van der Waals surface area contributed by atoms with Crippen LogP contribution in [0.15, 0.2) is 36.4 Å². The van der Waals surface area contributed by atoms with Gasteiger partial charge in [0.15, 0.2) is 0 Å². The molecule has 166 valence electrons. The molecule has 2 aliphatic rings. The summed E-state index contributed by atoms with van der Waals surface area (Å²) in [6.45, 7) is 1.41. The van der Waals surface area contributed by atoms with Gasteiger partial charge in [-0.05, 0) is 55.2 Å². The number of fused-ring (bicyclic) bond motifs is 2. The van der Waals surface area contributed by atoms with Gasteiger partial charge in [-0.3, -0.25) is 9.48 Å². The third-order valence-electron chi connectivity index (χ3n) is 6.10. The number of nitrogens with zero attached hydrogens (tertiary/aromatic N) is 3. The fourth-order valence-electron chi connectivity index (χ4n) is 4.59. The smallest absolute Gasteiger partial charge is 0.263 e. The molecule has 0 fully saturated rings. The molecule has 3 aromatic rings. The second kappa shape index (κ2) is 8.00. The molecule has 0 saturated heterocycles. The molecule has 5 nitrogen and oxygen atoms in total. The Hall–Kier alpha value is -3.29.